The highest BCUT2D eigenvalue weighted by atomic mass is 35.5. The zero-order valence-corrected chi connectivity index (χ0v) is 12.8. The molecule has 1 unspecified atom stereocenters. The summed E-state index contributed by atoms with van der Waals surface area (Å²) >= 11 is 11.9. The molecule has 0 radical (unpaired) electrons. The summed E-state index contributed by atoms with van der Waals surface area (Å²) in [6.45, 7) is 0.418. The van der Waals surface area contributed by atoms with Crippen molar-refractivity contribution in [3.8, 4) is 0 Å². The molecular formula is C14H16Cl2N2O3. The van der Waals surface area contributed by atoms with Gasteiger partial charge < -0.3 is 15.3 Å². The molecule has 7 heteroatoms. The quantitative estimate of drug-likeness (QED) is 0.865. The molecule has 1 aliphatic rings. The molecule has 114 valence electrons. The number of urea groups is 1. The van der Waals surface area contributed by atoms with E-state index in [4.69, 9.17) is 23.2 Å². The van der Waals surface area contributed by atoms with Gasteiger partial charge in [-0.05, 0) is 31.0 Å². The second-order valence-electron chi connectivity index (χ2n) is 4.95. The van der Waals surface area contributed by atoms with Gasteiger partial charge >= 0.3 is 12.0 Å². The minimum Gasteiger partial charge on any atom is -0.480 e. The van der Waals surface area contributed by atoms with E-state index in [2.05, 4.69) is 5.32 Å². The van der Waals surface area contributed by atoms with Crippen LogP contribution >= 0.6 is 23.2 Å². The summed E-state index contributed by atoms with van der Waals surface area (Å²) in [5.74, 6) is -0.982. The van der Waals surface area contributed by atoms with E-state index < -0.39 is 18.0 Å². The summed E-state index contributed by atoms with van der Waals surface area (Å²) in [5, 5.41) is 12.7. The SMILES string of the molecule is O=C(O)C1CCCCCN1C(=O)Nc1cc(Cl)ccc1Cl. The predicted molar refractivity (Wildman–Crippen MR) is 82.1 cm³/mol. The van der Waals surface area contributed by atoms with Crippen LogP contribution in [0.2, 0.25) is 10.0 Å². The Kier molecular flexibility index (Phi) is 5.31. The second kappa shape index (κ2) is 7.00. The molecule has 1 saturated heterocycles. The first-order chi connectivity index (χ1) is 9.99. The molecule has 0 aromatic heterocycles. The first kappa shape index (κ1) is 15.9. The lowest BCUT2D eigenvalue weighted by molar-refractivity contribution is -0.142. The number of carbonyl (C=O) groups excluding carboxylic acids is 1. The smallest absolute Gasteiger partial charge is 0.326 e. The van der Waals surface area contributed by atoms with E-state index in [-0.39, 0.29) is 0 Å². The fraction of sp³-hybridized carbons (Fsp3) is 0.429. The van der Waals surface area contributed by atoms with Crippen LogP contribution in [0.5, 0.6) is 0 Å². The Hall–Kier alpha value is -1.46. The number of aliphatic carboxylic acids is 1. The fourth-order valence-electron chi connectivity index (χ4n) is 2.39. The van der Waals surface area contributed by atoms with Gasteiger partial charge in [-0.2, -0.15) is 0 Å². The molecule has 21 heavy (non-hydrogen) atoms. The molecule has 0 bridgehead atoms. The van der Waals surface area contributed by atoms with Gasteiger partial charge in [-0.1, -0.05) is 36.0 Å². The van der Waals surface area contributed by atoms with Crippen molar-refractivity contribution in [3.63, 3.8) is 0 Å². The van der Waals surface area contributed by atoms with Crippen molar-refractivity contribution in [2.75, 3.05) is 11.9 Å². The summed E-state index contributed by atoms with van der Waals surface area (Å²) in [6, 6.07) is 3.47. The number of anilines is 1. The van der Waals surface area contributed by atoms with E-state index in [1.165, 1.54) is 11.0 Å². The minimum absolute atomic E-state index is 0.356. The predicted octanol–water partition coefficient (Wildman–Crippen LogP) is 3.85. The van der Waals surface area contributed by atoms with Crippen LogP contribution in [0.15, 0.2) is 18.2 Å². The number of carboxylic acids is 1. The van der Waals surface area contributed by atoms with Crippen LogP contribution in [0.4, 0.5) is 10.5 Å². The van der Waals surface area contributed by atoms with Crippen LogP contribution < -0.4 is 5.32 Å². The number of hydrogen-bond donors (Lipinski definition) is 2. The van der Waals surface area contributed by atoms with Crippen molar-refractivity contribution in [2.45, 2.75) is 31.7 Å². The standard InChI is InChI=1S/C14H16Cl2N2O3/c15-9-5-6-10(16)11(8-9)17-14(21)18-7-3-1-2-4-12(18)13(19)20/h5-6,8,12H,1-4,7H2,(H,17,21)(H,19,20). The maximum absolute atomic E-state index is 12.3. The Morgan fingerprint density at radius 1 is 1.24 bits per heavy atom. The molecule has 2 rings (SSSR count). The number of rotatable bonds is 2. The summed E-state index contributed by atoms with van der Waals surface area (Å²) in [4.78, 5) is 25.0. The Balaban J connectivity index is 2.16. The molecule has 0 aliphatic carbocycles. The average Bonchev–Trinajstić information content (AvgIpc) is 2.68. The number of benzene rings is 1. The van der Waals surface area contributed by atoms with Crippen LogP contribution in [0, 0.1) is 0 Å². The number of halogens is 2. The Morgan fingerprint density at radius 3 is 2.71 bits per heavy atom. The number of amides is 2. The van der Waals surface area contributed by atoms with Gasteiger partial charge in [-0.3, -0.25) is 0 Å². The van der Waals surface area contributed by atoms with Crippen LogP contribution in [-0.4, -0.2) is 34.6 Å². The molecule has 2 N–H and O–H groups in total. The average molecular weight is 331 g/mol. The highest BCUT2D eigenvalue weighted by Gasteiger charge is 2.31. The molecule has 1 aromatic rings. The normalized spacial score (nSPS) is 19.0. The Bertz CT molecular complexity index is 551. The topological polar surface area (TPSA) is 69.6 Å². The first-order valence-corrected chi connectivity index (χ1v) is 7.50. The van der Waals surface area contributed by atoms with E-state index in [1.807, 2.05) is 0 Å². The monoisotopic (exact) mass is 330 g/mol. The third-order valence-corrected chi connectivity index (χ3v) is 4.03. The molecule has 0 spiro atoms. The maximum Gasteiger partial charge on any atom is 0.326 e. The van der Waals surface area contributed by atoms with Gasteiger partial charge in [-0.25, -0.2) is 9.59 Å². The highest BCUT2D eigenvalue weighted by molar-refractivity contribution is 6.35. The van der Waals surface area contributed by atoms with Crippen molar-refractivity contribution in [1.82, 2.24) is 4.90 Å². The molecule has 1 aromatic carbocycles. The molecular weight excluding hydrogens is 315 g/mol. The lowest BCUT2D eigenvalue weighted by Crippen LogP contribution is -2.46. The summed E-state index contributed by atoms with van der Waals surface area (Å²) in [6.07, 6.45) is 2.98. The lowest BCUT2D eigenvalue weighted by atomic mass is 10.1. The van der Waals surface area contributed by atoms with Gasteiger partial charge in [0.15, 0.2) is 0 Å². The van der Waals surface area contributed by atoms with Crippen LogP contribution in [0.1, 0.15) is 25.7 Å². The largest absolute Gasteiger partial charge is 0.480 e. The van der Waals surface area contributed by atoms with Crippen molar-refractivity contribution in [1.29, 1.82) is 0 Å². The first-order valence-electron chi connectivity index (χ1n) is 6.74. The van der Waals surface area contributed by atoms with E-state index in [1.54, 1.807) is 12.1 Å². The van der Waals surface area contributed by atoms with Gasteiger partial charge in [0.05, 0.1) is 10.7 Å². The van der Waals surface area contributed by atoms with Crippen molar-refractivity contribution in [2.24, 2.45) is 0 Å². The summed E-state index contributed by atoms with van der Waals surface area (Å²) in [7, 11) is 0. The lowest BCUT2D eigenvalue weighted by Gasteiger charge is -2.27. The molecule has 0 saturated carbocycles. The van der Waals surface area contributed by atoms with Gasteiger partial charge in [0.2, 0.25) is 0 Å². The fourth-order valence-corrected chi connectivity index (χ4v) is 2.73. The van der Waals surface area contributed by atoms with Crippen molar-refractivity contribution in [3.05, 3.63) is 28.2 Å². The van der Waals surface area contributed by atoms with E-state index in [0.29, 0.717) is 28.7 Å². The number of carbonyl (C=O) groups is 2. The van der Waals surface area contributed by atoms with Crippen LogP contribution in [-0.2, 0) is 4.79 Å². The molecule has 5 nitrogen and oxygen atoms in total. The Labute approximate surface area is 132 Å². The van der Waals surface area contributed by atoms with Gasteiger partial charge in [-0.15, -0.1) is 0 Å². The molecule has 1 aliphatic heterocycles. The van der Waals surface area contributed by atoms with E-state index in [0.717, 1.165) is 19.3 Å². The molecule has 2 amide bonds. The zero-order valence-electron chi connectivity index (χ0n) is 11.3. The minimum atomic E-state index is -0.982. The summed E-state index contributed by atoms with van der Waals surface area (Å²) in [5.41, 5.74) is 0.377. The zero-order chi connectivity index (χ0) is 15.4. The number of likely N-dealkylation sites (tertiary alicyclic amines) is 1. The van der Waals surface area contributed by atoms with E-state index in [9.17, 15) is 14.7 Å². The number of nitrogens with zero attached hydrogens (tertiary/aromatic N) is 1. The van der Waals surface area contributed by atoms with Crippen molar-refractivity contribution >= 4 is 40.9 Å². The number of carboxylic acid groups (broad SMARTS) is 1. The molecule has 1 atom stereocenters. The van der Waals surface area contributed by atoms with Gasteiger partial charge in [0.1, 0.15) is 6.04 Å². The highest BCUT2D eigenvalue weighted by Crippen LogP contribution is 2.26. The number of hydrogen-bond acceptors (Lipinski definition) is 2. The van der Waals surface area contributed by atoms with E-state index >= 15 is 0 Å². The molecule has 1 fully saturated rings. The van der Waals surface area contributed by atoms with Gasteiger partial charge in [0.25, 0.3) is 0 Å². The third kappa shape index (κ3) is 4.02. The maximum atomic E-state index is 12.3. The molecule has 1 heterocycles. The van der Waals surface area contributed by atoms with Crippen LogP contribution in [0.3, 0.4) is 0 Å². The number of nitrogens with one attached hydrogen (secondary N) is 1. The van der Waals surface area contributed by atoms with Crippen LogP contribution in [0.25, 0.3) is 0 Å². The second-order valence-corrected chi connectivity index (χ2v) is 5.79. The van der Waals surface area contributed by atoms with Crippen molar-refractivity contribution < 1.29 is 14.7 Å². The van der Waals surface area contributed by atoms with Gasteiger partial charge in [0, 0.05) is 11.6 Å². The summed E-state index contributed by atoms with van der Waals surface area (Å²) < 4.78 is 0. The Morgan fingerprint density at radius 2 is 2.00 bits per heavy atom. The third-order valence-electron chi connectivity index (χ3n) is 3.47.